The first-order valence-electron chi connectivity index (χ1n) is 6.71. The summed E-state index contributed by atoms with van der Waals surface area (Å²) >= 11 is 0. The van der Waals surface area contributed by atoms with E-state index in [0.29, 0.717) is 12.4 Å². The zero-order chi connectivity index (χ0) is 13.2. The number of benzene rings is 1. The lowest BCUT2D eigenvalue weighted by Crippen LogP contribution is -2.19. The van der Waals surface area contributed by atoms with E-state index >= 15 is 0 Å². The van der Waals surface area contributed by atoms with Crippen LogP contribution in [0.4, 0.5) is 0 Å². The summed E-state index contributed by atoms with van der Waals surface area (Å²) < 4.78 is 13.2. The zero-order valence-corrected chi connectivity index (χ0v) is 11.1. The Morgan fingerprint density at radius 2 is 2.37 bits per heavy atom. The van der Waals surface area contributed by atoms with Crippen molar-refractivity contribution in [1.29, 1.82) is 0 Å². The maximum Gasteiger partial charge on any atom is 0.240 e. The van der Waals surface area contributed by atoms with Crippen molar-refractivity contribution in [3.63, 3.8) is 0 Å². The molecule has 0 radical (unpaired) electrons. The lowest BCUT2D eigenvalue weighted by Gasteiger charge is -2.23. The summed E-state index contributed by atoms with van der Waals surface area (Å²) in [5.41, 5.74) is 7.89. The van der Waals surface area contributed by atoms with Gasteiger partial charge in [0.05, 0.1) is 18.0 Å². The average molecular weight is 261 g/mol. The molecule has 1 aromatic heterocycles. The summed E-state index contributed by atoms with van der Waals surface area (Å²) in [5, 5.41) is 5.56. The molecule has 0 bridgehead atoms. The molecule has 1 saturated heterocycles. The highest BCUT2D eigenvalue weighted by atomic mass is 16.5. The van der Waals surface area contributed by atoms with Gasteiger partial charge in [0.2, 0.25) is 5.88 Å². The van der Waals surface area contributed by atoms with Crippen molar-refractivity contribution in [3.8, 4) is 5.88 Å². The molecule has 2 N–H and O–H groups in total. The van der Waals surface area contributed by atoms with Gasteiger partial charge in [-0.05, 0) is 30.9 Å². The van der Waals surface area contributed by atoms with Gasteiger partial charge in [-0.1, -0.05) is 12.1 Å². The fourth-order valence-corrected chi connectivity index (χ4v) is 2.68. The minimum absolute atomic E-state index is 0.00757. The quantitative estimate of drug-likeness (QED) is 0.920. The Hall–Kier alpha value is -1.59. The Morgan fingerprint density at radius 3 is 3.05 bits per heavy atom. The van der Waals surface area contributed by atoms with Gasteiger partial charge in [0.15, 0.2) is 6.23 Å². The summed E-state index contributed by atoms with van der Waals surface area (Å²) in [4.78, 5) is 0. The largest absolute Gasteiger partial charge is 0.479 e. The zero-order valence-electron chi connectivity index (χ0n) is 11.1. The molecule has 0 spiro atoms. The molecule has 5 nitrogen and oxygen atoms in total. The number of hydrogen-bond acceptors (Lipinski definition) is 4. The molecular formula is C14H19N3O2. The first-order chi connectivity index (χ1) is 9.35. The van der Waals surface area contributed by atoms with Gasteiger partial charge in [-0.3, -0.25) is 0 Å². The smallest absolute Gasteiger partial charge is 0.240 e. The van der Waals surface area contributed by atoms with Crippen molar-refractivity contribution >= 4 is 10.9 Å². The van der Waals surface area contributed by atoms with Crippen molar-refractivity contribution in [2.75, 3.05) is 13.7 Å². The van der Waals surface area contributed by atoms with Crippen LogP contribution < -0.4 is 10.5 Å². The Kier molecular flexibility index (Phi) is 3.40. The lowest BCUT2D eigenvalue weighted by molar-refractivity contribution is -0.0371. The monoisotopic (exact) mass is 261 g/mol. The number of fused-ring (bicyclic) bond motifs is 1. The summed E-state index contributed by atoms with van der Waals surface area (Å²) in [6.07, 6.45) is 3.30. The average Bonchev–Trinajstić information content (AvgIpc) is 2.87. The second-order valence-electron chi connectivity index (χ2n) is 4.79. The Labute approximate surface area is 112 Å². The second kappa shape index (κ2) is 5.19. The SMILES string of the molecule is COc1nn(C2CCCCO2)c2cccc(CN)c12. The molecule has 102 valence electrons. The fraction of sp³-hybridized carbons (Fsp3) is 0.500. The second-order valence-corrected chi connectivity index (χ2v) is 4.79. The molecule has 0 saturated carbocycles. The van der Waals surface area contributed by atoms with Crippen LogP contribution in [0.2, 0.25) is 0 Å². The molecule has 5 heteroatoms. The van der Waals surface area contributed by atoms with E-state index in [4.69, 9.17) is 15.2 Å². The first-order valence-corrected chi connectivity index (χ1v) is 6.71. The number of nitrogens with zero attached hydrogens (tertiary/aromatic N) is 2. The van der Waals surface area contributed by atoms with Gasteiger partial charge in [0.25, 0.3) is 0 Å². The molecule has 3 rings (SSSR count). The van der Waals surface area contributed by atoms with E-state index in [2.05, 4.69) is 5.10 Å². The third-order valence-corrected chi connectivity index (χ3v) is 3.63. The van der Waals surface area contributed by atoms with Crippen LogP contribution in [0.3, 0.4) is 0 Å². The van der Waals surface area contributed by atoms with Crippen molar-refractivity contribution in [3.05, 3.63) is 23.8 Å². The standard InChI is InChI=1S/C14H19N3O2/c1-18-14-13-10(9-15)5-4-6-11(13)17(16-14)12-7-2-3-8-19-12/h4-6,12H,2-3,7-9,15H2,1H3. The van der Waals surface area contributed by atoms with Crippen LogP contribution in [0.15, 0.2) is 18.2 Å². The van der Waals surface area contributed by atoms with Gasteiger partial charge in [-0.2, -0.15) is 0 Å². The van der Waals surface area contributed by atoms with Crippen molar-refractivity contribution in [2.24, 2.45) is 5.73 Å². The van der Waals surface area contributed by atoms with Crippen LogP contribution in [0, 0.1) is 0 Å². The number of nitrogens with two attached hydrogens (primary N) is 1. The molecule has 1 aromatic carbocycles. The van der Waals surface area contributed by atoms with Crippen LogP contribution in [0.25, 0.3) is 10.9 Å². The van der Waals surface area contributed by atoms with Gasteiger partial charge >= 0.3 is 0 Å². The van der Waals surface area contributed by atoms with Crippen molar-refractivity contribution in [1.82, 2.24) is 9.78 Å². The highest BCUT2D eigenvalue weighted by molar-refractivity contribution is 5.88. The van der Waals surface area contributed by atoms with E-state index in [0.717, 1.165) is 35.9 Å². The third kappa shape index (κ3) is 2.09. The van der Waals surface area contributed by atoms with Crippen molar-refractivity contribution in [2.45, 2.75) is 32.0 Å². The molecule has 1 aliphatic rings. The number of ether oxygens (including phenoxy) is 2. The predicted octanol–water partition coefficient (Wildman–Crippen LogP) is 2.20. The Bertz CT molecular complexity index is 573. The molecule has 1 aliphatic heterocycles. The minimum atomic E-state index is 0.00757. The molecule has 0 amide bonds. The van der Waals surface area contributed by atoms with Crippen LogP contribution >= 0.6 is 0 Å². The van der Waals surface area contributed by atoms with Crippen molar-refractivity contribution < 1.29 is 9.47 Å². The first kappa shape index (κ1) is 12.4. The molecule has 19 heavy (non-hydrogen) atoms. The van der Waals surface area contributed by atoms with Gasteiger partial charge in [0.1, 0.15) is 0 Å². The molecule has 1 unspecified atom stereocenters. The summed E-state index contributed by atoms with van der Waals surface area (Å²) in [7, 11) is 1.64. The molecule has 2 heterocycles. The summed E-state index contributed by atoms with van der Waals surface area (Å²) in [6, 6.07) is 6.06. The number of rotatable bonds is 3. The van der Waals surface area contributed by atoms with E-state index in [1.54, 1.807) is 7.11 Å². The summed E-state index contributed by atoms with van der Waals surface area (Å²) in [5.74, 6) is 0.630. The van der Waals surface area contributed by atoms with Gasteiger partial charge in [-0.25, -0.2) is 4.68 Å². The Morgan fingerprint density at radius 1 is 1.47 bits per heavy atom. The number of methoxy groups -OCH3 is 1. The maximum absolute atomic E-state index is 5.82. The van der Waals surface area contributed by atoms with Crippen LogP contribution in [-0.2, 0) is 11.3 Å². The van der Waals surface area contributed by atoms with Gasteiger partial charge in [0, 0.05) is 13.2 Å². The van der Waals surface area contributed by atoms with E-state index < -0.39 is 0 Å². The lowest BCUT2D eigenvalue weighted by atomic mass is 10.1. The molecule has 0 aliphatic carbocycles. The highest BCUT2D eigenvalue weighted by Crippen LogP contribution is 2.33. The van der Waals surface area contributed by atoms with E-state index in [1.807, 2.05) is 22.9 Å². The molecule has 2 aromatic rings. The normalized spacial score (nSPS) is 19.8. The predicted molar refractivity (Wildman–Crippen MR) is 73.0 cm³/mol. The molecule has 1 fully saturated rings. The fourth-order valence-electron chi connectivity index (χ4n) is 2.68. The minimum Gasteiger partial charge on any atom is -0.479 e. The summed E-state index contributed by atoms with van der Waals surface area (Å²) in [6.45, 7) is 1.27. The van der Waals surface area contributed by atoms with E-state index in [9.17, 15) is 0 Å². The van der Waals surface area contributed by atoms with E-state index in [-0.39, 0.29) is 6.23 Å². The Balaban J connectivity index is 2.14. The molecule has 1 atom stereocenters. The maximum atomic E-state index is 5.82. The van der Waals surface area contributed by atoms with Crippen LogP contribution in [0.1, 0.15) is 31.1 Å². The number of hydrogen-bond donors (Lipinski definition) is 1. The van der Waals surface area contributed by atoms with Crippen LogP contribution in [0.5, 0.6) is 5.88 Å². The van der Waals surface area contributed by atoms with Crippen LogP contribution in [-0.4, -0.2) is 23.5 Å². The third-order valence-electron chi connectivity index (χ3n) is 3.63. The topological polar surface area (TPSA) is 62.3 Å². The highest BCUT2D eigenvalue weighted by Gasteiger charge is 2.22. The number of aromatic nitrogens is 2. The van der Waals surface area contributed by atoms with Gasteiger partial charge in [-0.15, -0.1) is 5.10 Å². The van der Waals surface area contributed by atoms with E-state index in [1.165, 1.54) is 6.42 Å². The molecular weight excluding hydrogens is 242 g/mol. The van der Waals surface area contributed by atoms with Gasteiger partial charge < -0.3 is 15.2 Å².